The van der Waals surface area contributed by atoms with Crippen molar-refractivity contribution in [2.75, 3.05) is 0 Å². The minimum Gasteiger partial charge on any atom is -0.397 e. The Bertz CT molecular complexity index is 1780. The van der Waals surface area contributed by atoms with Crippen LogP contribution >= 0.6 is 0 Å². The van der Waals surface area contributed by atoms with E-state index in [0.717, 1.165) is 56.2 Å². The average Bonchev–Trinajstić information content (AvgIpc) is 3.50. The van der Waals surface area contributed by atoms with Crippen LogP contribution in [0.1, 0.15) is 39.1 Å². The number of benzene rings is 4. The Morgan fingerprint density at radius 1 is 0.600 bits per heavy atom. The fraction of sp³-hybridized carbons (Fsp3) is 0.108. The van der Waals surface area contributed by atoms with Crippen LogP contribution < -0.4 is 0 Å². The molecule has 0 fully saturated rings. The van der Waals surface area contributed by atoms with Gasteiger partial charge in [-0.25, -0.2) is 4.99 Å². The van der Waals surface area contributed by atoms with Crippen molar-refractivity contribution in [3.8, 4) is 22.4 Å². The predicted molar refractivity (Wildman–Crippen MR) is 171 cm³/mol. The molecule has 40 heavy (non-hydrogen) atoms. The second-order valence-electron chi connectivity index (χ2n) is 10.8. The van der Waals surface area contributed by atoms with E-state index in [2.05, 4.69) is 131 Å². The number of allylic oxidation sites excluding steroid dienone is 2. The molecule has 0 saturated heterocycles. The maximum absolute atomic E-state index is 6.93. The first kappa shape index (κ1) is 25.6. The molecule has 1 aliphatic heterocycles. The maximum Gasteiger partial charge on any atom is 0.234 e. The fourth-order valence-corrected chi connectivity index (χ4v) is 5.67. The lowest BCUT2D eigenvalue weighted by molar-refractivity contribution is 1.22. The SMILES string of the molecule is [B]n1c(-c2cc(C)cc(C)c2)cc(-c2ccccc2)c1/C=C1\N=C(c2cc(C)cc(C)c2)C=C1c1ccccc1. The van der Waals surface area contributed by atoms with Crippen molar-refractivity contribution in [3.63, 3.8) is 0 Å². The van der Waals surface area contributed by atoms with Gasteiger partial charge in [0, 0.05) is 28.1 Å². The minimum absolute atomic E-state index is 0.898. The van der Waals surface area contributed by atoms with Crippen LogP contribution in [0.5, 0.6) is 0 Å². The quantitative estimate of drug-likeness (QED) is 0.208. The summed E-state index contributed by atoms with van der Waals surface area (Å²) in [6.07, 6.45) is 4.34. The van der Waals surface area contributed by atoms with Gasteiger partial charge in [-0.1, -0.05) is 95.1 Å². The number of aromatic nitrogens is 1. The van der Waals surface area contributed by atoms with Crippen LogP contribution in [0.25, 0.3) is 34.0 Å². The zero-order valence-corrected chi connectivity index (χ0v) is 23.4. The van der Waals surface area contributed by atoms with E-state index in [0.29, 0.717) is 0 Å². The Balaban J connectivity index is 1.57. The molecule has 2 radical (unpaired) electrons. The zero-order chi connectivity index (χ0) is 27.8. The van der Waals surface area contributed by atoms with Gasteiger partial charge in [-0.2, -0.15) is 0 Å². The Labute approximate surface area is 238 Å². The molecule has 1 aromatic heterocycles. The van der Waals surface area contributed by atoms with E-state index in [4.69, 9.17) is 13.0 Å². The van der Waals surface area contributed by atoms with Crippen LogP contribution in [0.4, 0.5) is 0 Å². The van der Waals surface area contributed by atoms with Gasteiger partial charge in [0.2, 0.25) is 7.98 Å². The number of aryl methyl sites for hydroxylation is 4. The van der Waals surface area contributed by atoms with E-state index < -0.39 is 0 Å². The molecule has 0 spiro atoms. The first-order valence-corrected chi connectivity index (χ1v) is 13.7. The van der Waals surface area contributed by atoms with Crippen LogP contribution in [0.15, 0.2) is 120 Å². The Morgan fingerprint density at radius 2 is 1.12 bits per heavy atom. The third kappa shape index (κ3) is 5.03. The van der Waals surface area contributed by atoms with Crippen molar-refractivity contribution in [2.24, 2.45) is 4.99 Å². The van der Waals surface area contributed by atoms with E-state index in [-0.39, 0.29) is 0 Å². The minimum atomic E-state index is 0.898. The van der Waals surface area contributed by atoms with Gasteiger partial charge >= 0.3 is 0 Å². The third-order valence-electron chi connectivity index (χ3n) is 7.35. The highest BCUT2D eigenvalue weighted by Crippen LogP contribution is 2.38. The van der Waals surface area contributed by atoms with Crippen LogP contribution in [0, 0.1) is 27.7 Å². The summed E-state index contributed by atoms with van der Waals surface area (Å²) in [6.45, 7) is 8.51. The molecule has 0 amide bonds. The third-order valence-corrected chi connectivity index (χ3v) is 7.35. The first-order valence-electron chi connectivity index (χ1n) is 13.7. The van der Waals surface area contributed by atoms with E-state index in [1.54, 1.807) is 0 Å². The summed E-state index contributed by atoms with van der Waals surface area (Å²) in [7, 11) is 6.93. The molecule has 0 saturated carbocycles. The lowest BCUT2D eigenvalue weighted by atomic mass is 9.99. The highest BCUT2D eigenvalue weighted by molar-refractivity contribution is 6.19. The van der Waals surface area contributed by atoms with Crippen molar-refractivity contribution in [3.05, 3.63) is 154 Å². The van der Waals surface area contributed by atoms with E-state index in [1.807, 2.05) is 16.6 Å². The summed E-state index contributed by atoms with van der Waals surface area (Å²) in [4.78, 5) is 5.20. The number of aliphatic imine (C=N–C) groups is 1. The predicted octanol–water partition coefficient (Wildman–Crippen LogP) is 8.91. The number of hydrogen-bond donors (Lipinski definition) is 0. The van der Waals surface area contributed by atoms with Crippen molar-refractivity contribution in [2.45, 2.75) is 27.7 Å². The lowest BCUT2D eigenvalue weighted by Gasteiger charge is -2.10. The van der Waals surface area contributed by atoms with Crippen molar-refractivity contribution < 1.29 is 0 Å². The van der Waals surface area contributed by atoms with Crippen molar-refractivity contribution in [1.82, 2.24) is 4.48 Å². The molecular formula is C37H31BN2. The van der Waals surface area contributed by atoms with Gasteiger partial charge in [0.1, 0.15) is 0 Å². The Morgan fingerprint density at radius 3 is 1.70 bits per heavy atom. The molecule has 0 unspecified atom stereocenters. The van der Waals surface area contributed by atoms with Gasteiger partial charge in [0.25, 0.3) is 0 Å². The smallest absolute Gasteiger partial charge is 0.234 e. The normalized spacial score (nSPS) is 13.9. The fourth-order valence-electron chi connectivity index (χ4n) is 5.67. The zero-order valence-electron chi connectivity index (χ0n) is 23.4. The largest absolute Gasteiger partial charge is 0.397 e. The summed E-state index contributed by atoms with van der Waals surface area (Å²) in [6, 6.07) is 36.3. The molecule has 5 aromatic rings. The lowest BCUT2D eigenvalue weighted by Crippen LogP contribution is -1.99. The average molecular weight is 514 g/mol. The molecular weight excluding hydrogens is 483 g/mol. The second-order valence-corrected chi connectivity index (χ2v) is 10.8. The molecule has 0 atom stereocenters. The van der Waals surface area contributed by atoms with Crippen LogP contribution in [-0.4, -0.2) is 18.2 Å². The molecule has 192 valence electrons. The summed E-state index contributed by atoms with van der Waals surface area (Å²) in [5, 5.41) is 0. The first-order chi connectivity index (χ1) is 19.4. The van der Waals surface area contributed by atoms with Gasteiger partial charge in [0.05, 0.1) is 11.4 Å². The van der Waals surface area contributed by atoms with Gasteiger partial charge in [0.15, 0.2) is 0 Å². The standard InChI is InChI=1S/C37H31BN2/c1-24-15-25(2)18-30(17-24)34-21-32(28-11-7-5-8-12-28)35(39-34)23-37-33(29-13-9-6-10-14-29)22-36(40(37)38)31-19-26(3)16-27(4)20-31/h5-23H,1-4H3/b35-23-. The summed E-state index contributed by atoms with van der Waals surface area (Å²) >= 11 is 0. The molecule has 6 rings (SSSR count). The monoisotopic (exact) mass is 514 g/mol. The highest BCUT2D eigenvalue weighted by atomic mass is 14.9. The van der Waals surface area contributed by atoms with Crippen LogP contribution in [0.2, 0.25) is 0 Å². The van der Waals surface area contributed by atoms with Crippen molar-refractivity contribution in [1.29, 1.82) is 0 Å². The summed E-state index contributed by atoms with van der Waals surface area (Å²) < 4.78 is 1.82. The molecule has 2 nitrogen and oxygen atoms in total. The Hall–Kier alpha value is -4.63. The molecule has 0 aliphatic carbocycles. The van der Waals surface area contributed by atoms with Gasteiger partial charge in [-0.3, -0.25) is 0 Å². The van der Waals surface area contributed by atoms with Gasteiger partial charge in [-0.05, 0) is 86.9 Å². The number of rotatable bonds is 5. The molecule has 3 heteroatoms. The van der Waals surface area contributed by atoms with E-state index in [9.17, 15) is 0 Å². The summed E-state index contributed by atoms with van der Waals surface area (Å²) in [5.74, 6) is 0. The highest BCUT2D eigenvalue weighted by Gasteiger charge is 2.21. The molecule has 0 N–H and O–H groups in total. The molecule has 1 aliphatic rings. The van der Waals surface area contributed by atoms with E-state index >= 15 is 0 Å². The number of hydrogen-bond acceptors (Lipinski definition) is 1. The second kappa shape index (κ2) is 10.5. The van der Waals surface area contributed by atoms with Gasteiger partial charge < -0.3 is 4.48 Å². The van der Waals surface area contributed by atoms with E-state index in [1.165, 1.54) is 22.3 Å². The molecule has 2 heterocycles. The summed E-state index contributed by atoms with van der Waals surface area (Å²) in [5.41, 5.74) is 15.3. The topological polar surface area (TPSA) is 17.3 Å². The van der Waals surface area contributed by atoms with Crippen LogP contribution in [0.3, 0.4) is 0 Å². The van der Waals surface area contributed by atoms with Gasteiger partial charge in [-0.15, -0.1) is 0 Å². The Kier molecular flexibility index (Phi) is 6.73. The molecule has 4 aromatic carbocycles. The molecule has 0 bridgehead atoms. The van der Waals surface area contributed by atoms with Crippen LogP contribution in [-0.2, 0) is 0 Å². The van der Waals surface area contributed by atoms with Crippen molar-refractivity contribution >= 4 is 25.3 Å². The maximum atomic E-state index is 6.93. The number of nitrogens with zero attached hydrogens (tertiary/aromatic N) is 2.